The minimum Gasteiger partial charge on any atom is -0.495 e. The summed E-state index contributed by atoms with van der Waals surface area (Å²) in [6, 6.07) is 19.8. The molecule has 0 saturated carbocycles. The highest BCUT2D eigenvalue weighted by Gasteiger charge is 2.43. The number of para-hydroxylation sites is 1. The average molecular weight is 460 g/mol. The Morgan fingerprint density at radius 1 is 1.06 bits per heavy atom. The summed E-state index contributed by atoms with van der Waals surface area (Å²) in [4.78, 5) is 31.9. The molecular weight excluding hydrogens is 438 g/mol. The first kappa shape index (κ1) is 21.1. The third-order valence-corrected chi connectivity index (χ3v) is 6.52. The Balaban J connectivity index is 1.62. The summed E-state index contributed by atoms with van der Waals surface area (Å²) in [7, 11) is 3.28. The second-order valence-corrected chi connectivity index (χ2v) is 8.46. The first-order valence-electron chi connectivity index (χ1n) is 10.6. The van der Waals surface area contributed by atoms with E-state index in [0.717, 1.165) is 16.5 Å². The fourth-order valence-corrected chi connectivity index (χ4v) is 4.91. The Hall–Kier alpha value is -3.77. The van der Waals surface area contributed by atoms with Gasteiger partial charge < -0.3 is 19.9 Å². The number of fused-ring (bicyclic) bond motifs is 2. The zero-order chi connectivity index (χ0) is 23.1. The molecule has 0 radical (unpaired) electrons. The van der Waals surface area contributed by atoms with Crippen molar-refractivity contribution >= 4 is 40.0 Å². The Morgan fingerprint density at radius 2 is 1.82 bits per heavy atom. The van der Waals surface area contributed by atoms with Crippen molar-refractivity contribution in [1.82, 2.24) is 9.88 Å². The lowest BCUT2D eigenvalue weighted by Crippen LogP contribution is -2.44. The number of nitrogens with zero attached hydrogens (tertiary/aromatic N) is 1. The highest BCUT2D eigenvalue weighted by Crippen LogP contribution is 2.44. The first-order valence-corrected chi connectivity index (χ1v) is 10.9. The number of nitrogens with one attached hydrogen (secondary N) is 2. The molecule has 5 rings (SSSR count). The predicted octanol–water partition coefficient (Wildman–Crippen LogP) is 5.38. The number of rotatable bonds is 4. The summed E-state index contributed by atoms with van der Waals surface area (Å²) < 4.78 is 5.21. The number of halogens is 1. The zero-order valence-corrected chi connectivity index (χ0v) is 18.9. The van der Waals surface area contributed by atoms with E-state index in [2.05, 4.69) is 10.3 Å². The molecule has 7 heteroatoms. The molecule has 2 heterocycles. The number of ether oxygens (including phenoxy) is 1. The molecule has 4 aromatic rings. The van der Waals surface area contributed by atoms with Gasteiger partial charge in [-0.25, -0.2) is 0 Å². The topological polar surface area (TPSA) is 74.4 Å². The molecule has 0 aliphatic carbocycles. The van der Waals surface area contributed by atoms with Gasteiger partial charge in [-0.05, 0) is 35.9 Å². The molecule has 166 valence electrons. The van der Waals surface area contributed by atoms with Crippen LogP contribution in [0.4, 0.5) is 5.69 Å². The Labute approximate surface area is 196 Å². The van der Waals surface area contributed by atoms with E-state index in [4.69, 9.17) is 16.3 Å². The fourth-order valence-electron chi connectivity index (χ4n) is 4.65. The molecule has 0 unspecified atom stereocenters. The second-order valence-electron chi connectivity index (χ2n) is 8.05. The number of likely N-dealkylation sites (N-methyl/N-ethyl adjacent to an activating group) is 1. The van der Waals surface area contributed by atoms with Crippen molar-refractivity contribution in [3.8, 4) is 5.75 Å². The molecular formula is C26H22ClN3O3. The summed E-state index contributed by atoms with van der Waals surface area (Å²) in [6.45, 7) is 0. The number of H-pyrrole nitrogens is 1. The van der Waals surface area contributed by atoms with E-state index in [9.17, 15) is 9.59 Å². The summed E-state index contributed by atoms with van der Waals surface area (Å²) in [6.07, 6.45) is 1.89. The van der Waals surface area contributed by atoms with Gasteiger partial charge in [0.25, 0.3) is 5.91 Å². The monoisotopic (exact) mass is 459 g/mol. The minimum atomic E-state index is -0.621. The van der Waals surface area contributed by atoms with Crippen molar-refractivity contribution in [2.45, 2.75) is 12.0 Å². The normalized spacial score (nSPS) is 17.7. The maximum Gasteiger partial charge on any atom is 0.254 e. The number of carbonyl (C=O) groups is 2. The van der Waals surface area contributed by atoms with Gasteiger partial charge in [0.05, 0.1) is 24.1 Å². The smallest absolute Gasteiger partial charge is 0.254 e. The third-order valence-electron chi connectivity index (χ3n) is 6.22. The Bertz CT molecular complexity index is 1380. The molecule has 0 fully saturated rings. The van der Waals surface area contributed by atoms with Gasteiger partial charge in [-0.2, -0.15) is 0 Å². The van der Waals surface area contributed by atoms with Gasteiger partial charge in [-0.1, -0.05) is 48.0 Å². The molecule has 2 amide bonds. The van der Waals surface area contributed by atoms with Gasteiger partial charge in [-0.3, -0.25) is 9.59 Å². The molecule has 0 saturated heterocycles. The van der Waals surface area contributed by atoms with Crippen molar-refractivity contribution in [3.05, 3.63) is 94.6 Å². The summed E-state index contributed by atoms with van der Waals surface area (Å²) in [5, 5.41) is 4.37. The molecule has 0 spiro atoms. The van der Waals surface area contributed by atoms with Crippen LogP contribution in [0.25, 0.3) is 10.9 Å². The van der Waals surface area contributed by atoms with Crippen LogP contribution in [-0.2, 0) is 4.79 Å². The van der Waals surface area contributed by atoms with E-state index >= 15 is 0 Å². The van der Waals surface area contributed by atoms with Crippen LogP contribution in [0, 0.1) is 0 Å². The lowest BCUT2D eigenvalue weighted by atomic mass is 9.79. The third kappa shape index (κ3) is 3.52. The van der Waals surface area contributed by atoms with Crippen LogP contribution in [-0.4, -0.2) is 35.9 Å². The lowest BCUT2D eigenvalue weighted by molar-refractivity contribution is -0.119. The summed E-state index contributed by atoms with van der Waals surface area (Å²) in [5.41, 5.74) is 3.63. The summed E-state index contributed by atoms with van der Waals surface area (Å²) in [5.74, 6) is -0.431. The lowest BCUT2D eigenvalue weighted by Gasteiger charge is -2.39. The number of benzene rings is 3. The number of hydrogen-bond acceptors (Lipinski definition) is 3. The largest absolute Gasteiger partial charge is 0.495 e. The van der Waals surface area contributed by atoms with Crippen LogP contribution in [0.2, 0.25) is 5.02 Å². The Kier molecular flexibility index (Phi) is 5.30. The fraction of sp³-hybridized carbons (Fsp3) is 0.154. The van der Waals surface area contributed by atoms with Crippen molar-refractivity contribution in [1.29, 1.82) is 0 Å². The van der Waals surface area contributed by atoms with Crippen LogP contribution >= 0.6 is 11.6 Å². The number of anilines is 1. The molecule has 6 nitrogen and oxygen atoms in total. The van der Waals surface area contributed by atoms with Gasteiger partial charge >= 0.3 is 0 Å². The predicted molar refractivity (Wildman–Crippen MR) is 129 cm³/mol. The van der Waals surface area contributed by atoms with E-state index in [1.165, 1.54) is 7.11 Å². The molecule has 1 aliphatic rings. The first-order chi connectivity index (χ1) is 16.0. The van der Waals surface area contributed by atoms with Crippen LogP contribution in [0.1, 0.15) is 33.4 Å². The SMILES string of the molecule is COc1ccc(NC(=O)[C@@H]2c3ccccc3C(=O)N(C)[C@@H]2c2c[nH]c3ccccc23)cc1Cl. The molecule has 0 bridgehead atoms. The number of aromatic amines is 1. The van der Waals surface area contributed by atoms with Crippen LogP contribution in [0.15, 0.2) is 72.9 Å². The number of hydrogen-bond donors (Lipinski definition) is 2. The van der Waals surface area contributed by atoms with Crippen molar-refractivity contribution in [2.75, 3.05) is 19.5 Å². The van der Waals surface area contributed by atoms with E-state index in [1.54, 1.807) is 36.2 Å². The Morgan fingerprint density at radius 3 is 2.61 bits per heavy atom. The van der Waals surface area contributed by atoms with Crippen LogP contribution in [0.5, 0.6) is 5.75 Å². The van der Waals surface area contributed by atoms with Gasteiger partial charge in [0.15, 0.2) is 0 Å². The van der Waals surface area contributed by atoms with E-state index in [1.807, 2.05) is 48.7 Å². The van der Waals surface area contributed by atoms with Crippen molar-refractivity contribution in [2.24, 2.45) is 0 Å². The number of carbonyl (C=O) groups excluding carboxylic acids is 2. The van der Waals surface area contributed by atoms with Crippen LogP contribution < -0.4 is 10.1 Å². The van der Waals surface area contributed by atoms with E-state index < -0.39 is 12.0 Å². The highest BCUT2D eigenvalue weighted by molar-refractivity contribution is 6.32. The maximum absolute atomic E-state index is 13.8. The van der Waals surface area contributed by atoms with Gasteiger partial charge in [-0.15, -0.1) is 0 Å². The van der Waals surface area contributed by atoms with Crippen LogP contribution in [0.3, 0.4) is 0 Å². The molecule has 1 aromatic heterocycles. The molecule has 3 aromatic carbocycles. The van der Waals surface area contributed by atoms with Crippen molar-refractivity contribution in [3.63, 3.8) is 0 Å². The summed E-state index contributed by atoms with van der Waals surface area (Å²) >= 11 is 6.26. The maximum atomic E-state index is 13.8. The van der Waals surface area contributed by atoms with Crippen molar-refractivity contribution < 1.29 is 14.3 Å². The van der Waals surface area contributed by atoms with E-state index in [0.29, 0.717) is 27.6 Å². The number of methoxy groups -OCH3 is 1. The molecule has 33 heavy (non-hydrogen) atoms. The molecule has 2 atom stereocenters. The van der Waals surface area contributed by atoms with E-state index in [-0.39, 0.29) is 11.8 Å². The van der Waals surface area contributed by atoms with Gasteiger partial charge in [0.1, 0.15) is 5.75 Å². The zero-order valence-electron chi connectivity index (χ0n) is 18.1. The number of aromatic nitrogens is 1. The van der Waals surface area contributed by atoms with Gasteiger partial charge in [0.2, 0.25) is 5.91 Å². The average Bonchev–Trinajstić information content (AvgIpc) is 3.25. The highest BCUT2D eigenvalue weighted by atomic mass is 35.5. The molecule has 2 N–H and O–H groups in total. The minimum absolute atomic E-state index is 0.113. The number of amides is 2. The molecule has 1 aliphatic heterocycles. The quantitative estimate of drug-likeness (QED) is 0.430. The standard InChI is InChI=1S/C26H22ClN3O3/c1-30-24(19-14-28-21-10-6-5-7-16(19)21)23(17-8-3-4-9-18(17)26(30)32)25(31)29-15-11-12-22(33-2)20(27)13-15/h3-14,23-24,28H,1-2H3,(H,29,31)/t23-,24-/m1/s1. The van der Waals surface area contributed by atoms with Gasteiger partial charge in [0, 0.05) is 41.0 Å². The second kappa shape index (κ2) is 8.30.